The first-order valence-corrected chi connectivity index (χ1v) is 10.8. The normalized spacial score (nSPS) is 15.7. The number of carbonyl (C=O) groups is 3. The van der Waals surface area contributed by atoms with E-state index in [2.05, 4.69) is 10.6 Å². The molecule has 8 heteroatoms. The first kappa shape index (κ1) is 24.2. The Kier molecular flexibility index (Phi) is 9.59. The summed E-state index contributed by atoms with van der Waals surface area (Å²) in [4.78, 5) is 39.8. The van der Waals surface area contributed by atoms with Crippen molar-refractivity contribution in [2.75, 3.05) is 33.4 Å². The lowest BCUT2D eigenvalue weighted by Gasteiger charge is -2.36. The molecule has 1 heterocycles. The second-order valence-corrected chi connectivity index (χ2v) is 8.44. The van der Waals surface area contributed by atoms with E-state index in [0.717, 1.165) is 0 Å². The number of benzene rings is 1. The van der Waals surface area contributed by atoms with Crippen molar-refractivity contribution in [2.45, 2.75) is 39.2 Å². The minimum atomic E-state index is -0.701. The van der Waals surface area contributed by atoms with Gasteiger partial charge in [-0.05, 0) is 36.8 Å². The fourth-order valence-corrected chi connectivity index (χ4v) is 3.83. The van der Waals surface area contributed by atoms with Gasteiger partial charge in [0.05, 0.1) is 17.2 Å². The maximum Gasteiger partial charge on any atom is 0.253 e. The lowest BCUT2D eigenvalue weighted by molar-refractivity contribution is -0.133. The van der Waals surface area contributed by atoms with Crippen LogP contribution in [-0.2, 0) is 14.3 Å². The van der Waals surface area contributed by atoms with Crippen LogP contribution in [0.5, 0.6) is 0 Å². The van der Waals surface area contributed by atoms with E-state index in [-0.39, 0.29) is 23.6 Å². The summed E-state index contributed by atoms with van der Waals surface area (Å²) in [5.41, 5.74) is 0.332. The Morgan fingerprint density at radius 1 is 1.20 bits per heavy atom. The number of hydrogen-bond donors (Lipinski definition) is 2. The van der Waals surface area contributed by atoms with E-state index in [1.165, 1.54) is 0 Å². The molecule has 0 bridgehead atoms. The second kappa shape index (κ2) is 11.9. The maximum absolute atomic E-state index is 12.8. The van der Waals surface area contributed by atoms with Crippen LogP contribution in [0.15, 0.2) is 24.3 Å². The quantitative estimate of drug-likeness (QED) is 0.581. The topological polar surface area (TPSA) is 87.7 Å². The average molecular weight is 438 g/mol. The van der Waals surface area contributed by atoms with Gasteiger partial charge in [0.15, 0.2) is 0 Å². The molecule has 0 aliphatic carbocycles. The molecule has 30 heavy (non-hydrogen) atoms. The number of nitrogens with one attached hydrogen (secondary N) is 2. The van der Waals surface area contributed by atoms with E-state index >= 15 is 0 Å². The molecule has 3 amide bonds. The van der Waals surface area contributed by atoms with Gasteiger partial charge in [0.2, 0.25) is 11.8 Å². The molecular weight excluding hydrogens is 406 g/mol. The lowest BCUT2D eigenvalue weighted by atomic mass is 9.88. The summed E-state index contributed by atoms with van der Waals surface area (Å²) >= 11 is 6.14. The minimum absolute atomic E-state index is 0.0675. The molecule has 1 atom stereocenters. The lowest BCUT2D eigenvalue weighted by Crippen LogP contribution is -2.54. The third-order valence-corrected chi connectivity index (χ3v) is 5.57. The van der Waals surface area contributed by atoms with Crippen LogP contribution in [-0.4, -0.2) is 62.0 Å². The highest BCUT2D eigenvalue weighted by molar-refractivity contribution is 6.33. The molecule has 1 aromatic carbocycles. The monoisotopic (exact) mass is 437 g/mol. The Balaban J connectivity index is 2.07. The van der Waals surface area contributed by atoms with Crippen molar-refractivity contribution < 1.29 is 19.1 Å². The molecular formula is C22H32ClN3O4. The van der Waals surface area contributed by atoms with Crippen molar-refractivity contribution in [1.82, 2.24) is 15.5 Å². The van der Waals surface area contributed by atoms with Crippen LogP contribution in [0.2, 0.25) is 5.02 Å². The number of hydrogen-bond acceptors (Lipinski definition) is 4. The molecule has 0 unspecified atom stereocenters. The molecule has 1 fully saturated rings. The molecule has 166 valence electrons. The van der Waals surface area contributed by atoms with Gasteiger partial charge in [-0.1, -0.05) is 37.6 Å². The molecule has 1 aliphatic rings. The zero-order chi connectivity index (χ0) is 22.1. The summed E-state index contributed by atoms with van der Waals surface area (Å²) in [6.45, 7) is 5.96. The Morgan fingerprint density at radius 3 is 2.47 bits per heavy atom. The van der Waals surface area contributed by atoms with Gasteiger partial charge in [0.1, 0.15) is 6.04 Å². The summed E-state index contributed by atoms with van der Waals surface area (Å²) < 4.78 is 4.99. The SMILES string of the molecule is COCCNC(=O)[C@H](NC(=O)c1ccccc1Cl)C1CCN(C(=O)CC(C)C)CC1. The van der Waals surface area contributed by atoms with Crippen molar-refractivity contribution in [3.05, 3.63) is 34.9 Å². The molecule has 0 radical (unpaired) electrons. The van der Waals surface area contributed by atoms with E-state index in [9.17, 15) is 14.4 Å². The first-order valence-electron chi connectivity index (χ1n) is 10.4. The smallest absolute Gasteiger partial charge is 0.253 e. The molecule has 2 rings (SSSR count). The van der Waals surface area contributed by atoms with E-state index in [0.29, 0.717) is 62.0 Å². The number of ether oxygens (including phenoxy) is 1. The molecule has 0 saturated carbocycles. The fourth-order valence-electron chi connectivity index (χ4n) is 3.61. The Bertz CT molecular complexity index is 733. The zero-order valence-electron chi connectivity index (χ0n) is 17.9. The summed E-state index contributed by atoms with van der Waals surface area (Å²) in [7, 11) is 1.56. The van der Waals surface area contributed by atoms with E-state index in [4.69, 9.17) is 16.3 Å². The Morgan fingerprint density at radius 2 is 1.87 bits per heavy atom. The highest BCUT2D eigenvalue weighted by Gasteiger charge is 2.34. The summed E-state index contributed by atoms with van der Waals surface area (Å²) in [6.07, 6.45) is 1.82. The number of piperidine rings is 1. The maximum atomic E-state index is 12.8. The van der Waals surface area contributed by atoms with Gasteiger partial charge in [-0.25, -0.2) is 0 Å². The molecule has 1 aromatic rings. The van der Waals surface area contributed by atoms with Gasteiger partial charge < -0.3 is 20.3 Å². The Hall–Kier alpha value is -2.12. The molecule has 0 spiro atoms. The van der Waals surface area contributed by atoms with Crippen molar-refractivity contribution in [2.24, 2.45) is 11.8 Å². The molecule has 2 N–H and O–H groups in total. The number of rotatable bonds is 9. The van der Waals surface area contributed by atoms with Gasteiger partial charge in [0, 0.05) is 33.2 Å². The fraction of sp³-hybridized carbons (Fsp3) is 0.591. The third kappa shape index (κ3) is 6.99. The molecule has 1 aliphatic heterocycles. The number of amides is 3. The number of likely N-dealkylation sites (tertiary alicyclic amines) is 1. The van der Waals surface area contributed by atoms with E-state index in [1.807, 2.05) is 18.7 Å². The average Bonchev–Trinajstić information content (AvgIpc) is 2.72. The predicted molar refractivity (Wildman–Crippen MR) is 116 cm³/mol. The predicted octanol–water partition coefficient (Wildman–Crippen LogP) is 2.49. The van der Waals surface area contributed by atoms with Crippen LogP contribution in [0.25, 0.3) is 0 Å². The van der Waals surface area contributed by atoms with Crippen molar-refractivity contribution >= 4 is 29.3 Å². The zero-order valence-corrected chi connectivity index (χ0v) is 18.7. The minimum Gasteiger partial charge on any atom is -0.383 e. The van der Waals surface area contributed by atoms with Gasteiger partial charge in [-0.3, -0.25) is 14.4 Å². The highest BCUT2D eigenvalue weighted by atomic mass is 35.5. The Labute approximate surface area is 183 Å². The van der Waals surface area contributed by atoms with Gasteiger partial charge in [-0.15, -0.1) is 0 Å². The molecule has 1 saturated heterocycles. The standard InChI is InChI=1S/C22H32ClN3O4/c1-15(2)14-19(27)26-11-8-16(9-12-26)20(22(29)24-10-13-30-3)25-21(28)17-6-4-5-7-18(17)23/h4-7,15-16,20H,8-14H2,1-3H3,(H,24,29)(H,25,28)/t20-/m1/s1. The molecule has 7 nitrogen and oxygen atoms in total. The number of carbonyl (C=O) groups excluding carboxylic acids is 3. The highest BCUT2D eigenvalue weighted by Crippen LogP contribution is 2.23. The van der Waals surface area contributed by atoms with Crippen LogP contribution in [0.3, 0.4) is 0 Å². The summed E-state index contributed by atoms with van der Waals surface area (Å²) in [6, 6.07) is 6.05. The van der Waals surface area contributed by atoms with Crippen LogP contribution in [0.1, 0.15) is 43.5 Å². The number of halogens is 1. The second-order valence-electron chi connectivity index (χ2n) is 8.03. The van der Waals surface area contributed by atoms with Gasteiger partial charge in [-0.2, -0.15) is 0 Å². The van der Waals surface area contributed by atoms with E-state index < -0.39 is 6.04 Å². The molecule has 0 aromatic heterocycles. The van der Waals surface area contributed by atoms with Gasteiger partial charge in [0.25, 0.3) is 5.91 Å². The van der Waals surface area contributed by atoms with Crippen LogP contribution < -0.4 is 10.6 Å². The summed E-state index contributed by atoms with van der Waals surface area (Å²) in [5.74, 6) is -0.249. The van der Waals surface area contributed by atoms with Crippen molar-refractivity contribution in [3.8, 4) is 0 Å². The summed E-state index contributed by atoms with van der Waals surface area (Å²) in [5, 5.41) is 6.02. The third-order valence-electron chi connectivity index (χ3n) is 5.24. The van der Waals surface area contributed by atoms with Crippen molar-refractivity contribution in [3.63, 3.8) is 0 Å². The largest absolute Gasteiger partial charge is 0.383 e. The van der Waals surface area contributed by atoms with Crippen molar-refractivity contribution in [1.29, 1.82) is 0 Å². The van der Waals surface area contributed by atoms with Gasteiger partial charge >= 0.3 is 0 Å². The number of methoxy groups -OCH3 is 1. The number of nitrogens with zero attached hydrogens (tertiary/aromatic N) is 1. The van der Waals surface area contributed by atoms with Crippen LogP contribution >= 0.6 is 11.6 Å². The van der Waals surface area contributed by atoms with E-state index in [1.54, 1.807) is 31.4 Å². The first-order chi connectivity index (χ1) is 14.3. The van der Waals surface area contributed by atoms with Crippen LogP contribution in [0, 0.1) is 11.8 Å². The van der Waals surface area contributed by atoms with Crippen LogP contribution in [0.4, 0.5) is 0 Å².